The first-order chi connectivity index (χ1) is 3.91. The van der Waals surface area contributed by atoms with Crippen LogP contribution in [0.4, 0.5) is 0 Å². The van der Waals surface area contributed by atoms with E-state index < -0.39 is 0 Å². The van der Waals surface area contributed by atoms with Gasteiger partial charge in [0.05, 0.1) is 0 Å². The van der Waals surface area contributed by atoms with E-state index in [1.54, 1.807) is 7.11 Å². The van der Waals surface area contributed by atoms with Crippen molar-refractivity contribution in [2.45, 2.75) is 13.3 Å². The lowest BCUT2D eigenvalue weighted by molar-refractivity contribution is 0.197. The van der Waals surface area contributed by atoms with Crippen LogP contribution < -0.4 is 0 Å². The van der Waals surface area contributed by atoms with Crippen LogP contribution >= 0.6 is 0 Å². The van der Waals surface area contributed by atoms with Gasteiger partial charge in [-0.3, -0.25) is 4.99 Å². The zero-order valence-electron chi connectivity index (χ0n) is 5.55. The Hall–Kier alpha value is -0.370. The quantitative estimate of drug-likeness (QED) is 0.397. The molecule has 0 aromatic heterocycles. The molecule has 0 bridgehead atoms. The molecule has 48 valence electrons. The number of aliphatic imine (C=N–C) groups is 1. The van der Waals surface area contributed by atoms with Crippen molar-refractivity contribution in [1.29, 1.82) is 0 Å². The lowest BCUT2D eigenvalue weighted by atomic mass is 10.5. The van der Waals surface area contributed by atoms with Crippen molar-refractivity contribution in [3.8, 4) is 0 Å². The third-order valence-electron chi connectivity index (χ3n) is 0.818. The molecule has 0 radical (unpaired) electrons. The summed E-state index contributed by atoms with van der Waals surface area (Å²) in [4.78, 5) is 4.00. The van der Waals surface area contributed by atoms with Crippen molar-refractivity contribution in [2.24, 2.45) is 4.99 Å². The molecule has 0 unspecified atom stereocenters. The second-order valence-electron chi connectivity index (χ2n) is 1.51. The van der Waals surface area contributed by atoms with Gasteiger partial charge < -0.3 is 4.74 Å². The van der Waals surface area contributed by atoms with E-state index >= 15 is 0 Å². The molecule has 2 nitrogen and oxygen atoms in total. The summed E-state index contributed by atoms with van der Waals surface area (Å²) in [6.07, 6.45) is 2.84. The number of hydrogen-bond acceptors (Lipinski definition) is 2. The van der Waals surface area contributed by atoms with Gasteiger partial charge in [0.2, 0.25) is 0 Å². The Bertz CT molecular complexity index is 61.5. The van der Waals surface area contributed by atoms with Gasteiger partial charge in [-0.05, 0) is 19.6 Å². The van der Waals surface area contributed by atoms with Gasteiger partial charge >= 0.3 is 0 Å². The lowest BCUT2D eigenvalue weighted by Crippen LogP contribution is -1.90. The van der Waals surface area contributed by atoms with Crippen LogP contribution in [0.1, 0.15) is 13.3 Å². The van der Waals surface area contributed by atoms with E-state index in [4.69, 9.17) is 4.74 Å². The van der Waals surface area contributed by atoms with Crippen molar-refractivity contribution in [1.82, 2.24) is 0 Å². The number of ether oxygens (including phenoxy) is 1. The highest BCUT2D eigenvalue weighted by Gasteiger charge is 1.78. The highest BCUT2D eigenvalue weighted by Crippen LogP contribution is 1.79. The fraction of sp³-hybridized carbons (Fsp3) is 0.833. The van der Waals surface area contributed by atoms with E-state index in [0.717, 1.165) is 19.6 Å². The van der Waals surface area contributed by atoms with E-state index in [9.17, 15) is 0 Å². The van der Waals surface area contributed by atoms with Crippen LogP contribution in [-0.2, 0) is 4.74 Å². The largest absolute Gasteiger partial charge is 0.385 e. The maximum absolute atomic E-state index is 4.81. The van der Waals surface area contributed by atoms with Crippen molar-refractivity contribution in [2.75, 3.05) is 20.3 Å². The fourth-order valence-electron chi connectivity index (χ4n) is 0.429. The third kappa shape index (κ3) is 5.63. The van der Waals surface area contributed by atoms with Gasteiger partial charge in [0.25, 0.3) is 0 Å². The monoisotopic (exact) mass is 115 g/mol. The summed E-state index contributed by atoms with van der Waals surface area (Å²) in [5.41, 5.74) is 0. The van der Waals surface area contributed by atoms with Crippen LogP contribution in [-0.4, -0.2) is 26.5 Å². The summed E-state index contributed by atoms with van der Waals surface area (Å²) >= 11 is 0. The SMILES string of the molecule is C/C=N\CCCOC. The minimum Gasteiger partial charge on any atom is -0.385 e. The van der Waals surface area contributed by atoms with Crippen LogP contribution in [0.5, 0.6) is 0 Å². The number of rotatable bonds is 4. The molecule has 0 spiro atoms. The number of hydrogen-bond donors (Lipinski definition) is 0. The Balaban J connectivity index is 2.72. The molecule has 0 N–H and O–H groups in total. The normalized spacial score (nSPS) is 10.8. The Morgan fingerprint density at radius 1 is 1.62 bits per heavy atom. The zero-order valence-corrected chi connectivity index (χ0v) is 5.55. The molecule has 0 rings (SSSR count). The molecule has 2 heteroatoms. The summed E-state index contributed by atoms with van der Waals surface area (Å²) in [6, 6.07) is 0. The molecule has 0 aromatic carbocycles. The molecular weight excluding hydrogens is 102 g/mol. The van der Waals surface area contributed by atoms with E-state index in [1.807, 2.05) is 13.1 Å². The van der Waals surface area contributed by atoms with E-state index in [1.165, 1.54) is 0 Å². The van der Waals surface area contributed by atoms with Gasteiger partial charge in [-0.25, -0.2) is 0 Å². The van der Waals surface area contributed by atoms with Crippen molar-refractivity contribution in [3.05, 3.63) is 0 Å². The van der Waals surface area contributed by atoms with Crippen LogP contribution in [0.3, 0.4) is 0 Å². The molecule has 0 fully saturated rings. The van der Waals surface area contributed by atoms with Gasteiger partial charge in [0.1, 0.15) is 0 Å². The molecule has 0 aliphatic carbocycles. The molecule has 0 aliphatic heterocycles. The summed E-state index contributed by atoms with van der Waals surface area (Å²) in [6.45, 7) is 3.63. The molecule has 8 heavy (non-hydrogen) atoms. The number of nitrogens with zero attached hydrogens (tertiary/aromatic N) is 1. The molecule has 0 aliphatic rings. The lowest BCUT2D eigenvalue weighted by Gasteiger charge is -1.91. The topological polar surface area (TPSA) is 21.6 Å². The average Bonchev–Trinajstić information content (AvgIpc) is 1.81. The molecule has 0 atom stereocenters. The Labute approximate surface area is 50.6 Å². The van der Waals surface area contributed by atoms with Crippen molar-refractivity contribution >= 4 is 6.21 Å². The Morgan fingerprint density at radius 2 is 2.38 bits per heavy atom. The zero-order chi connectivity index (χ0) is 6.24. The fourth-order valence-corrected chi connectivity index (χ4v) is 0.429. The van der Waals surface area contributed by atoms with Crippen molar-refractivity contribution < 1.29 is 4.74 Å². The summed E-state index contributed by atoms with van der Waals surface area (Å²) < 4.78 is 4.81. The standard InChI is InChI=1S/C6H13NO/c1-3-7-5-4-6-8-2/h3H,4-6H2,1-2H3/b7-3-. The maximum Gasteiger partial charge on any atom is 0.0479 e. The summed E-state index contributed by atoms with van der Waals surface area (Å²) in [5, 5.41) is 0. The van der Waals surface area contributed by atoms with Crippen LogP contribution in [0.2, 0.25) is 0 Å². The second-order valence-corrected chi connectivity index (χ2v) is 1.51. The van der Waals surface area contributed by atoms with Crippen LogP contribution in [0.15, 0.2) is 4.99 Å². The molecular formula is C6H13NO. The molecule has 0 heterocycles. The van der Waals surface area contributed by atoms with E-state index in [-0.39, 0.29) is 0 Å². The second kappa shape index (κ2) is 6.63. The van der Waals surface area contributed by atoms with Crippen LogP contribution in [0, 0.1) is 0 Å². The van der Waals surface area contributed by atoms with Gasteiger partial charge in [0.15, 0.2) is 0 Å². The minimum atomic E-state index is 0.817. The minimum absolute atomic E-state index is 0.817. The predicted molar refractivity (Wildman–Crippen MR) is 35.5 cm³/mol. The average molecular weight is 115 g/mol. The van der Waals surface area contributed by atoms with Gasteiger partial charge in [-0.15, -0.1) is 0 Å². The maximum atomic E-state index is 4.81. The predicted octanol–water partition coefficient (Wildman–Crippen LogP) is 1.11. The highest BCUT2D eigenvalue weighted by molar-refractivity contribution is 5.53. The van der Waals surface area contributed by atoms with Crippen molar-refractivity contribution in [3.63, 3.8) is 0 Å². The molecule has 0 saturated carbocycles. The van der Waals surface area contributed by atoms with E-state index in [0.29, 0.717) is 0 Å². The first-order valence-electron chi connectivity index (χ1n) is 2.85. The smallest absolute Gasteiger partial charge is 0.0479 e. The van der Waals surface area contributed by atoms with Gasteiger partial charge in [0, 0.05) is 20.3 Å². The Morgan fingerprint density at radius 3 is 2.88 bits per heavy atom. The van der Waals surface area contributed by atoms with Gasteiger partial charge in [-0.2, -0.15) is 0 Å². The highest BCUT2D eigenvalue weighted by atomic mass is 16.5. The third-order valence-corrected chi connectivity index (χ3v) is 0.818. The summed E-state index contributed by atoms with van der Waals surface area (Å²) in [5.74, 6) is 0. The Kier molecular flexibility index (Phi) is 6.32. The first kappa shape index (κ1) is 7.63. The van der Waals surface area contributed by atoms with E-state index in [2.05, 4.69) is 4.99 Å². The first-order valence-corrected chi connectivity index (χ1v) is 2.85. The molecule has 0 aromatic rings. The summed E-state index contributed by atoms with van der Waals surface area (Å²) in [7, 11) is 1.70. The number of methoxy groups -OCH3 is 1. The van der Waals surface area contributed by atoms with Crippen LogP contribution in [0.25, 0.3) is 0 Å². The molecule has 0 saturated heterocycles. The molecule has 0 amide bonds. The van der Waals surface area contributed by atoms with Gasteiger partial charge in [-0.1, -0.05) is 0 Å².